The molecule has 0 aromatic rings. The van der Waals surface area contributed by atoms with Gasteiger partial charge in [-0.15, -0.1) is 0 Å². The van der Waals surface area contributed by atoms with E-state index in [2.05, 4.69) is 18.3 Å². The summed E-state index contributed by atoms with van der Waals surface area (Å²) in [5.41, 5.74) is 0. The third-order valence-corrected chi connectivity index (χ3v) is 1.51. The zero-order valence-corrected chi connectivity index (χ0v) is 7.02. The molecule has 1 aliphatic rings. The maximum Gasteiger partial charge on any atom is 0.0956 e. The van der Waals surface area contributed by atoms with Crippen molar-refractivity contribution in [1.82, 2.24) is 5.32 Å². The Labute approximate surface area is 63.2 Å². The molecule has 1 heterocycles. The second-order valence-corrected chi connectivity index (χ2v) is 2.43. The van der Waals surface area contributed by atoms with Gasteiger partial charge < -0.3 is 5.32 Å². The Morgan fingerprint density at radius 2 is 2.10 bits per heavy atom. The molecule has 0 aromatic carbocycles. The van der Waals surface area contributed by atoms with Crippen LogP contribution in [0.15, 0.2) is 0 Å². The predicted octanol–water partition coefficient (Wildman–Crippen LogP) is 1.53. The fourth-order valence-corrected chi connectivity index (χ4v) is 1.01. The van der Waals surface area contributed by atoms with Crippen LogP contribution in [0.4, 0.5) is 0 Å². The lowest BCUT2D eigenvalue weighted by Gasteiger charge is -1.93. The van der Waals surface area contributed by atoms with Gasteiger partial charge in [0, 0.05) is 0 Å². The first-order valence-corrected chi connectivity index (χ1v) is 3.96. The summed E-state index contributed by atoms with van der Waals surface area (Å²) in [4.78, 5) is 0. The highest BCUT2D eigenvalue weighted by atomic mass is 14.9. The summed E-state index contributed by atoms with van der Waals surface area (Å²) in [6, 6.07) is 2.31. The first-order valence-electron chi connectivity index (χ1n) is 3.96. The highest BCUT2D eigenvalue weighted by molar-refractivity contribution is 4.95. The molecular formula is C8H16N2. The van der Waals surface area contributed by atoms with Gasteiger partial charge in [0.2, 0.25) is 0 Å². The largest absolute Gasteiger partial charge is 0.302 e. The molecule has 1 rings (SSSR count). The zero-order valence-electron chi connectivity index (χ0n) is 7.02. The molecule has 1 N–H and O–H groups in total. The van der Waals surface area contributed by atoms with Crippen LogP contribution in [0.5, 0.6) is 0 Å². The van der Waals surface area contributed by atoms with Crippen LogP contribution in [0, 0.1) is 17.2 Å². The van der Waals surface area contributed by atoms with Crippen LogP contribution >= 0.6 is 0 Å². The van der Waals surface area contributed by atoms with Crippen LogP contribution < -0.4 is 5.32 Å². The average Bonchev–Trinajstić information content (AvgIpc) is 2.40. The van der Waals surface area contributed by atoms with E-state index in [0.717, 1.165) is 13.0 Å². The Hall–Kier alpha value is -0.550. The van der Waals surface area contributed by atoms with Gasteiger partial charge in [-0.2, -0.15) is 5.26 Å². The molecule has 0 unspecified atom stereocenters. The third kappa shape index (κ3) is 2.84. The minimum absolute atomic E-state index is 0.130. The molecule has 0 spiro atoms. The van der Waals surface area contributed by atoms with Gasteiger partial charge in [0.25, 0.3) is 0 Å². The number of nitriles is 1. The second kappa shape index (κ2) is 5.25. The number of rotatable bonds is 0. The summed E-state index contributed by atoms with van der Waals surface area (Å²) in [6.07, 6.45) is 1.02. The third-order valence-electron chi connectivity index (χ3n) is 1.51. The SMILES string of the molecule is CC.C[C@@H]1CN[C@@H](C#N)C1. The van der Waals surface area contributed by atoms with Crippen molar-refractivity contribution in [3.63, 3.8) is 0 Å². The molecule has 0 aliphatic carbocycles. The van der Waals surface area contributed by atoms with Crippen molar-refractivity contribution in [3.8, 4) is 6.07 Å². The molecule has 1 saturated heterocycles. The zero-order chi connectivity index (χ0) is 7.98. The van der Waals surface area contributed by atoms with Crippen molar-refractivity contribution in [2.75, 3.05) is 6.54 Å². The molecule has 10 heavy (non-hydrogen) atoms. The Morgan fingerprint density at radius 3 is 2.30 bits per heavy atom. The first-order chi connectivity index (χ1) is 4.83. The van der Waals surface area contributed by atoms with Gasteiger partial charge in [0.1, 0.15) is 0 Å². The predicted molar refractivity (Wildman–Crippen MR) is 42.5 cm³/mol. The van der Waals surface area contributed by atoms with Gasteiger partial charge in [0.15, 0.2) is 0 Å². The monoisotopic (exact) mass is 140 g/mol. The smallest absolute Gasteiger partial charge is 0.0956 e. The van der Waals surface area contributed by atoms with Crippen molar-refractivity contribution in [2.45, 2.75) is 33.2 Å². The van der Waals surface area contributed by atoms with Gasteiger partial charge in [-0.05, 0) is 18.9 Å². The van der Waals surface area contributed by atoms with E-state index in [4.69, 9.17) is 5.26 Å². The van der Waals surface area contributed by atoms with Crippen LogP contribution in [0.3, 0.4) is 0 Å². The lowest BCUT2D eigenvalue weighted by molar-refractivity contribution is 0.643. The van der Waals surface area contributed by atoms with E-state index in [1.54, 1.807) is 0 Å². The van der Waals surface area contributed by atoms with Crippen molar-refractivity contribution in [2.24, 2.45) is 5.92 Å². The maximum absolute atomic E-state index is 8.37. The summed E-state index contributed by atoms with van der Waals surface area (Å²) in [5.74, 6) is 0.694. The van der Waals surface area contributed by atoms with Gasteiger partial charge >= 0.3 is 0 Å². The number of hydrogen-bond acceptors (Lipinski definition) is 2. The van der Waals surface area contributed by atoms with Crippen molar-refractivity contribution in [3.05, 3.63) is 0 Å². The number of hydrogen-bond donors (Lipinski definition) is 1. The van der Waals surface area contributed by atoms with E-state index in [1.807, 2.05) is 13.8 Å². The van der Waals surface area contributed by atoms with Gasteiger partial charge in [-0.25, -0.2) is 0 Å². The van der Waals surface area contributed by atoms with Gasteiger partial charge in [-0.1, -0.05) is 20.8 Å². The fourth-order valence-electron chi connectivity index (χ4n) is 1.01. The van der Waals surface area contributed by atoms with Gasteiger partial charge in [-0.3, -0.25) is 0 Å². The van der Waals surface area contributed by atoms with Crippen LogP contribution in [0.2, 0.25) is 0 Å². The Morgan fingerprint density at radius 1 is 1.50 bits per heavy atom. The lowest BCUT2D eigenvalue weighted by Crippen LogP contribution is -2.18. The molecule has 0 amide bonds. The van der Waals surface area contributed by atoms with Crippen molar-refractivity contribution < 1.29 is 0 Å². The summed E-state index contributed by atoms with van der Waals surface area (Å²) < 4.78 is 0. The first kappa shape index (κ1) is 9.45. The average molecular weight is 140 g/mol. The Kier molecular flexibility index (Phi) is 4.96. The Balaban J connectivity index is 0.000000371. The lowest BCUT2D eigenvalue weighted by atomic mass is 10.1. The summed E-state index contributed by atoms with van der Waals surface area (Å²) in [6.45, 7) is 7.17. The molecule has 58 valence electrons. The summed E-state index contributed by atoms with van der Waals surface area (Å²) in [5, 5.41) is 11.5. The van der Waals surface area contributed by atoms with E-state index in [0.29, 0.717) is 5.92 Å². The molecule has 1 aliphatic heterocycles. The summed E-state index contributed by atoms with van der Waals surface area (Å²) in [7, 11) is 0. The molecule has 0 radical (unpaired) electrons. The maximum atomic E-state index is 8.37. The highest BCUT2D eigenvalue weighted by Crippen LogP contribution is 2.10. The fraction of sp³-hybridized carbons (Fsp3) is 0.875. The van der Waals surface area contributed by atoms with E-state index in [-0.39, 0.29) is 6.04 Å². The molecule has 0 aromatic heterocycles. The van der Waals surface area contributed by atoms with Gasteiger partial charge in [0.05, 0.1) is 12.1 Å². The molecule has 2 atom stereocenters. The van der Waals surface area contributed by atoms with Crippen LogP contribution in [0.25, 0.3) is 0 Å². The molecule has 0 bridgehead atoms. The minimum atomic E-state index is 0.130. The van der Waals surface area contributed by atoms with E-state index < -0.39 is 0 Å². The summed E-state index contributed by atoms with van der Waals surface area (Å²) >= 11 is 0. The van der Waals surface area contributed by atoms with Crippen LogP contribution in [-0.4, -0.2) is 12.6 Å². The molecule has 2 nitrogen and oxygen atoms in total. The second-order valence-electron chi connectivity index (χ2n) is 2.43. The van der Waals surface area contributed by atoms with Crippen LogP contribution in [0.1, 0.15) is 27.2 Å². The van der Waals surface area contributed by atoms with E-state index >= 15 is 0 Å². The van der Waals surface area contributed by atoms with Crippen molar-refractivity contribution in [1.29, 1.82) is 5.26 Å². The number of nitrogens with zero attached hydrogens (tertiary/aromatic N) is 1. The van der Waals surface area contributed by atoms with Crippen molar-refractivity contribution >= 4 is 0 Å². The number of nitrogens with one attached hydrogen (secondary N) is 1. The molecule has 1 fully saturated rings. The van der Waals surface area contributed by atoms with E-state index in [1.165, 1.54) is 0 Å². The molecule has 2 heteroatoms. The van der Waals surface area contributed by atoms with Crippen LogP contribution in [-0.2, 0) is 0 Å². The quantitative estimate of drug-likeness (QED) is 0.554. The molecular weight excluding hydrogens is 124 g/mol. The van der Waals surface area contributed by atoms with E-state index in [9.17, 15) is 0 Å². The minimum Gasteiger partial charge on any atom is -0.302 e. The highest BCUT2D eigenvalue weighted by Gasteiger charge is 2.18. The molecule has 0 saturated carbocycles. The Bertz CT molecular complexity index is 115. The normalized spacial score (nSPS) is 30.2. The topological polar surface area (TPSA) is 35.8 Å². The standard InChI is InChI=1S/C6H10N2.C2H6/c1-5-2-6(3-7)8-4-5;1-2/h5-6,8H,2,4H2,1H3;1-2H3/t5-,6+;/m0./s1.